The predicted octanol–water partition coefficient (Wildman–Crippen LogP) is 3.90. The highest BCUT2D eigenvalue weighted by atomic mass is 32.2. The van der Waals surface area contributed by atoms with E-state index >= 15 is 0 Å². The summed E-state index contributed by atoms with van der Waals surface area (Å²) in [5.74, 6) is 3.64. The quantitative estimate of drug-likeness (QED) is 0.571. The molecule has 0 fully saturated rings. The number of H-pyrrole nitrogens is 2. The number of nitrogens with one attached hydrogen (secondary N) is 2. The number of aromatic nitrogens is 3. The van der Waals surface area contributed by atoms with Gasteiger partial charge in [0.1, 0.15) is 11.6 Å². The molecule has 0 bridgehead atoms. The topological polar surface area (TPSA) is 53.7 Å². The molecule has 21 heavy (non-hydrogen) atoms. The van der Waals surface area contributed by atoms with Gasteiger partial charge >= 0.3 is 0 Å². The van der Waals surface area contributed by atoms with Crippen molar-refractivity contribution in [2.75, 3.05) is 12.4 Å². The Hall–Kier alpha value is -1.27. The summed E-state index contributed by atoms with van der Waals surface area (Å²) in [4.78, 5) is 3.00. The molecule has 0 saturated carbocycles. The standard InChI is InChI=1S/C15H21N3OS2/c1-3-11-5-6-12(4-2)13(9-11)19-7-8-21-10-14-16-15(20)18-17-14/h5-6,9H,3-4,7-8,10H2,1-2H3,(H2,16,17,18,20). The van der Waals surface area contributed by atoms with Crippen LogP contribution in [0, 0.1) is 4.77 Å². The lowest BCUT2D eigenvalue weighted by Crippen LogP contribution is -2.03. The van der Waals surface area contributed by atoms with E-state index in [0.717, 1.165) is 35.9 Å². The minimum absolute atomic E-state index is 0.575. The normalized spacial score (nSPS) is 10.8. The van der Waals surface area contributed by atoms with Gasteiger partial charge in [-0.25, -0.2) is 0 Å². The number of nitrogens with zero attached hydrogens (tertiary/aromatic N) is 1. The number of benzene rings is 1. The molecule has 0 unspecified atom stereocenters. The molecule has 1 heterocycles. The van der Waals surface area contributed by atoms with E-state index in [1.807, 2.05) is 0 Å². The van der Waals surface area contributed by atoms with Crippen molar-refractivity contribution in [1.82, 2.24) is 15.2 Å². The highest BCUT2D eigenvalue weighted by Gasteiger charge is 2.04. The molecule has 114 valence electrons. The van der Waals surface area contributed by atoms with Crippen molar-refractivity contribution in [2.24, 2.45) is 0 Å². The van der Waals surface area contributed by atoms with Crippen LogP contribution in [0.1, 0.15) is 30.8 Å². The molecule has 0 aliphatic rings. The van der Waals surface area contributed by atoms with Crippen molar-refractivity contribution in [3.8, 4) is 5.75 Å². The second kappa shape index (κ2) is 8.24. The first kappa shape index (κ1) is 16.1. The lowest BCUT2D eigenvalue weighted by Gasteiger charge is -2.11. The summed E-state index contributed by atoms with van der Waals surface area (Å²) in [5, 5.41) is 6.80. The van der Waals surface area contributed by atoms with Crippen molar-refractivity contribution < 1.29 is 4.74 Å². The summed E-state index contributed by atoms with van der Waals surface area (Å²) >= 11 is 6.72. The molecule has 0 aliphatic heterocycles. The Morgan fingerprint density at radius 3 is 2.81 bits per heavy atom. The van der Waals surface area contributed by atoms with Gasteiger partial charge in [-0.2, -0.15) is 16.9 Å². The van der Waals surface area contributed by atoms with Crippen LogP contribution >= 0.6 is 24.0 Å². The monoisotopic (exact) mass is 323 g/mol. The van der Waals surface area contributed by atoms with Gasteiger partial charge in [0.2, 0.25) is 0 Å². The zero-order valence-electron chi connectivity index (χ0n) is 12.4. The summed E-state index contributed by atoms with van der Waals surface area (Å²) in [5.41, 5.74) is 2.59. The number of aromatic amines is 2. The Bertz CT molecular complexity index is 621. The fourth-order valence-electron chi connectivity index (χ4n) is 2.00. The molecule has 1 aromatic heterocycles. The summed E-state index contributed by atoms with van der Waals surface area (Å²) in [6.45, 7) is 5.02. The third-order valence-electron chi connectivity index (χ3n) is 3.19. The molecule has 0 radical (unpaired) electrons. The van der Waals surface area contributed by atoms with Crippen molar-refractivity contribution >= 4 is 24.0 Å². The molecule has 0 saturated heterocycles. The number of thioether (sulfide) groups is 1. The van der Waals surface area contributed by atoms with Crippen molar-refractivity contribution in [3.63, 3.8) is 0 Å². The molecule has 0 spiro atoms. The first-order chi connectivity index (χ1) is 10.2. The van der Waals surface area contributed by atoms with Crippen LogP contribution in [0.3, 0.4) is 0 Å². The Labute approximate surface area is 134 Å². The van der Waals surface area contributed by atoms with Gasteiger partial charge in [0.05, 0.1) is 12.4 Å². The summed E-state index contributed by atoms with van der Waals surface area (Å²) < 4.78 is 6.51. The number of rotatable bonds is 8. The van der Waals surface area contributed by atoms with Crippen LogP contribution in [0.4, 0.5) is 0 Å². The van der Waals surface area contributed by atoms with Crippen LogP contribution in [-0.2, 0) is 18.6 Å². The van der Waals surface area contributed by atoms with Gasteiger partial charge in [-0.3, -0.25) is 5.10 Å². The lowest BCUT2D eigenvalue weighted by atomic mass is 10.1. The largest absolute Gasteiger partial charge is 0.492 e. The minimum Gasteiger partial charge on any atom is -0.492 e. The molecule has 0 atom stereocenters. The maximum absolute atomic E-state index is 5.93. The van der Waals surface area contributed by atoms with Crippen molar-refractivity contribution in [3.05, 3.63) is 39.9 Å². The van der Waals surface area contributed by atoms with Crippen molar-refractivity contribution in [1.29, 1.82) is 0 Å². The highest BCUT2D eigenvalue weighted by Crippen LogP contribution is 2.22. The Kier molecular flexibility index (Phi) is 6.32. The van der Waals surface area contributed by atoms with Crippen molar-refractivity contribution in [2.45, 2.75) is 32.4 Å². The van der Waals surface area contributed by atoms with E-state index in [4.69, 9.17) is 17.0 Å². The fourth-order valence-corrected chi connectivity index (χ4v) is 2.84. The molecular weight excluding hydrogens is 302 g/mol. The van der Waals surface area contributed by atoms with Gasteiger partial charge in [-0.05, 0) is 42.3 Å². The van der Waals surface area contributed by atoms with Gasteiger partial charge in [0.15, 0.2) is 4.77 Å². The lowest BCUT2D eigenvalue weighted by molar-refractivity contribution is 0.340. The predicted molar refractivity (Wildman–Crippen MR) is 90.6 cm³/mol. The molecule has 4 nitrogen and oxygen atoms in total. The van der Waals surface area contributed by atoms with Gasteiger partial charge in [0, 0.05) is 5.75 Å². The SMILES string of the molecule is CCc1ccc(CC)c(OCCSCc2n[nH]c(=S)[nH]2)c1. The van der Waals surface area contributed by atoms with E-state index in [0.29, 0.717) is 11.4 Å². The smallest absolute Gasteiger partial charge is 0.192 e. The van der Waals surface area contributed by atoms with Gasteiger partial charge in [-0.1, -0.05) is 26.0 Å². The second-order valence-corrected chi connectivity index (χ2v) is 6.19. The Morgan fingerprint density at radius 1 is 1.29 bits per heavy atom. The van der Waals surface area contributed by atoms with E-state index in [2.05, 4.69) is 47.2 Å². The third-order valence-corrected chi connectivity index (χ3v) is 4.32. The average Bonchev–Trinajstić information content (AvgIpc) is 2.92. The zero-order valence-corrected chi connectivity index (χ0v) is 14.1. The zero-order chi connectivity index (χ0) is 15.1. The van der Waals surface area contributed by atoms with Crippen LogP contribution in [0.15, 0.2) is 18.2 Å². The van der Waals surface area contributed by atoms with E-state index in [1.165, 1.54) is 11.1 Å². The summed E-state index contributed by atoms with van der Waals surface area (Å²) in [6.07, 6.45) is 2.03. The second-order valence-electron chi connectivity index (χ2n) is 4.67. The molecular formula is C15H21N3OS2. The number of hydrogen-bond donors (Lipinski definition) is 2. The first-order valence-electron chi connectivity index (χ1n) is 7.18. The molecule has 0 aliphatic carbocycles. The molecule has 2 aromatic rings. The number of hydrogen-bond acceptors (Lipinski definition) is 4. The van der Waals surface area contributed by atoms with E-state index in [1.54, 1.807) is 11.8 Å². The average molecular weight is 323 g/mol. The third kappa shape index (κ3) is 4.89. The number of aryl methyl sites for hydroxylation is 2. The minimum atomic E-state index is 0.575. The van der Waals surface area contributed by atoms with E-state index in [-0.39, 0.29) is 0 Å². The Balaban J connectivity index is 1.78. The first-order valence-corrected chi connectivity index (χ1v) is 8.75. The van der Waals surface area contributed by atoms with Crippen LogP contribution in [0.25, 0.3) is 0 Å². The van der Waals surface area contributed by atoms with Crippen LogP contribution in [0.5, 0.6) is 5.75 Å². The molecule has 6 heteroatoms. The van der Waals surface area contributed by atoms with E-state index < -0.39 is 0 Å². The van der Waals surface area contributed by atoms with Gasteiger partial charge in [-0.15, -0.1) is 0 Å². The fraction of sp³-hybridized carbons (Fsp3) is 0.467. The highest BCUT2D eigenvalue weighted by molar-refractivity contribution is 7.98. The molecule has 1 aromatic carbocycles. The molecule has 0 amide bonds. The maximum atomic E-state index is 5.93. The molecule has 2 N–H and O–H groups in total. The van der Waals surface area contributed by atoms with Crippen LogP contribution in [0.2, 0.25) is 0 Å². The maximum Gasteiger partial charge on any atom is 0.192 e. The van der Waals surface area contributed by atoms with Crippen LogP contribution < -0.4 is 4.74 Å². The van der Waals surface area contributed by atoms with Gasteiger partial charge < -0.3 is 9.72 Å². The van der Waals surface area contributed by atoms with Crippen LogP contribution in [-0.4, -0.2) is 27.5 Å². The summed E-state index contributed by atoms with van der Waals surface area (Å²) in [7, 11) is 0. The molecule has 2 rings (SSSR count). The number of ether oxygens (including phenoxy) is 1. The Morgan fingerprint density at radius 2 is 2.14 bits per heavy atom. The summed E-state index contributed by atoms with van der Waals surface area (Å²) in [6, 6.07) is 6.51. The van der Waals surface area contributed by atoms with E-state index in [9.17, 15) is 0 Å². The van der Waals surface area contributed by atoms with Gasteiger partial charge in [0.25, 0.3) is 0 Å².